The average molecular weight is 1490 g/mol. The van der Waals surface area contributed by atoms with Crippen molar-refractivity contribution >= 4 is 135 Å². The van der Waals surface area contributed by atoms with Gasteiger partial charge in [0.2, 0.25) is 0 Å². The number of pyridine rings is 5. The molecule has 3 aliphatic heterocycles. The van der Waals surface area contributed by atoms with Crippen LogP contribution in [0.4, 0.5) is 34.5 Å². The molecule has 15 rings (SSSR count). The number of anilines is 6. The first-order valence-corrected chi connectivity index (χ1v) is 38.2. The van der Waals surface area contributed by atoms with Gasteiger partial charge in [0.05, 0.1) is 95.8 Å². The molecule has 0 spiro atoms. The van der Waals surface area contributed by atoms with Crippen LogP contribution in [0.3, 0.4) is 0 Å². The lowest BCUT2D eigenvalue weighted by atomic mass is 9.89. The summed E-state index contributed by atoms with van der Waals surface area (Å²) in [6.45, 7) is 13.6. The lowest BCUT2D eigenvalue weighted by molar-refractivity contribution is -0.146. The second-order valence-electron chi connectivity index (χ2n) is 27.5. The number of nitrogens with zero attached hydrogens (tertiary/aromatic N) is 13. The molecule has 3 fully saturated rings. The molecule has 548 valence electrons. The van der Waals surface area contributed by atoms with Crippen LogP contribution in [0.5, 0.6) is 0 Å². The normalized spacial score (nSPS) is 17.9. The number of hydrogen-bond donors (Lipinski definition) is 6. The van der Waals surface area contributed by atoms with E-state index in [9.17, 15) is 28.8 Å². The minimum atomic E-state index is -0.677. The lowest BCUT2D eigenvalue weighted by Crippen LogP contribution is -2.46. The summed E-state index contributed by atoms with van der Waals surface area (Å²) in [4.78, 5) is 119. The van der Waals surface area contributed by atoms with E-state index in [1.54, 1.807) is 103 Å². The molecular formula is C79H83N19O6S3. The quantitative estimate of drug-likeness (QED) is 0.0655. The number of rotatable bonds is 11. The van der Waals surface area contributed by atoms with Crippen LogP contribution in [0.1, 0.15) is 125 Å². The Bertz CT molecular complexity index is 5300. The number of aryl methyl sites for hydroxylation is 4. The van der Waals surface area contributed by atoms with Crippen molar-refractivity contribution in [3.05, 3.63) is 186 Å². The number of likely N-dealkylation sites (tertiary alicyclic amines) is 3. The average Bonchev–Trinajstić information content (AvgIpc) is 1.76. The summed E-state index contributed by atoms with van der Waals surface area (Å²) in [6, 6.07) is 34.6. The van der Waals surface area contributed by atoms with Crippen molar-refractivity contribution in [1.82, 2.24) is 64.4 Å². The molecule has 0 saturated carbocycles. The van der Waals surface area contributed by atoms with Gasteiger partial charge in [0.1, 0.15) is 32.5 Å². The van der Waals surface area contributed by atoms with Crippen LogP contribution in [0.25, 0.3) is 62.6 Å². The number of nitrogens with two attached hydrogens (primary N) is 3. The zero-order chi connectivity index (χ0) is 75.2. The van der Waals surface area contributed by atoms with E-state index < -0.39 is 35.4 Å². The number of hydrogen-bond acceptors (Lipinski definition) is 21. The van der Waals surface area contributed by atoms with E-state index in [0.29, 0.717) is 84.7 Å². The number of nitrogen functional groups attached to an aromatic ring is 3. The van der Waals surface area contributed by atoms with E-state index in [2.05, 4.69) is 72.8 Å². The first-order chi connectivity index (χ1) is 51.6. The summed E-state index contributed by atoms with van der Waals surface area (Å²) in [7, 11) is 1.90. The van der Waals surface area contributed by atoms with E-state index in [1.165, 1.54) is 18.6 Å². The summed E-state index contributed by atoms with van der Waals surface area (Å²) >= 11 is 4.81. The van der Waals surface area contributed by atoms with Gasteiger partial charge in [0.25, 0.3) is 0 Å². The minimum absolute atomic E-state index is 0.191. The summed E-state index contributed by atoms with van der Waals surface area (Å²) in [5.74, 6) is -1.49. The molecule has 3 saturated heterocycles. The van der Waals surface area contributed by atoms with Gasteiger partial charge in [-0.1, -0.05) is 58.9 Å². The fourth-order valence-corrected chi connectivity index (χ4v) is 16.7. The Balaban J connectivity index is 0.000000142. The number of amides is 6. The van der Waals surface area contributed by atoms with Gasteiger partial charge in [-0.15, -0.1) is 34.0 Å². The number of nitrogens with one attached hydrogen (secondary N) is 3. The van der Waals surface area contributed by atoms with Crippen LogP contribution in [-0.4, -0.2) is 119 Å². The molecule has 0 aliphatic carbocycles. The van der Waals surface area contributed by atoms with Crippen LogP contribution < -0.4 is 33.2 Å². The molecule has 9 aromatic heterocycles. The molecule has 0 unspecified atom stereocenters. The van der Waals surface area contributed by atoms with Crippen molar-refractivity contribution in [2.75, 3.05) is 52.8 Å². The lowest BCUT2D eigenvalue weighted by Gasteiger charge is -2.38. The SMILES string of the molecule is CCc1cc(NC(=O)C(=O)N2C[C@@H](C)CC[C@@H]2c2ccc3sc(-c4ccccn4)nc3c2)cnc1N.CCc1cc(NC(=O)C(=O)N2C[C@@H](C)CC[C@@H]2c2ccc3sc(-c4ccnn4C)nc3c2)cnc1N.Cc1cc(NC(=O)C(=O)N2C[C@@H](C)CC[C@@H]2c2ccc3sc(-c4cccnc4)nc3c2)cnc1N. The Morgan fingerprint density at radius 1 is 0.467 bits per heavy atom. The van der Waals surface area contributed by atoms with Crippen molar-refractivity contribution in [2.45, 2.75) is 111 Å². The summed E-state index contributed by atoms with van der Waals surface area (Å²) in [5, 5.41) is 15.0. The number of carbonyl (C=O) groups is 6. The van der Waals surface area contributed by atoms with Gasteiger partial charge in [-0.05, 0) is 194 Å². The number of thiazole rings is 3. The number of aromatic nitrogens is 10. The zero-order valence-corrected chi connectivity index (χ0v) is 62.8. The maximum Gasteiger partial charge on any atom is 0.313 e. The highest BCUT2D eigenvalue weighted by Crippen LogP contribution is 2.41. The number of benzene rings is 3. The van der Waals surface area contributed by atoms with Crippen LogP contribution in [0, 0.1) is 24.7 Å². The Morgan fingerprint density at radius 3 is 1.33 bits per heavy atom. The van der Waals surface area contributed by atoms with Crippen molar-refractivity contribution in [2.24, 2.45) is 24.8 Å². The van der Waals surface area contributed by atoms with Gasteiger partial charge in [-0.3, -0.25) is 43.4 Å². The van der Waals surface area contributed by atoms with E-state index in [4.69, 9.17) is 32.2 Å². The Hall–Kier alpha value is -11.5. The second-order valence-corrected chi connectivity index (χ2v) is 30.6. The monoisotopic (exact) mass is 1490 g/mol. The summed E-state index contributed by atoms with van der Waals surface area (Å²) < 4.78 is 5.00. The van der Waals surface area contributed by atoms with Gasteiger partial charge >= 0.3 is 35.4 Å². The smallest absolute Gasteiger partial charge is 0.313 e. The van der Waals surface area contributed by atoms with Gasteiger partial charge < -0.3 is 47.9 Å². The van der Waals surface area contributed by atoms with E-state index in [-0.39, 0.29) is 18.1 Å². The van der Waals surface area contributed by atoms with Crippen molar-refractivity contribution in [3.63, 3.8) is 0 Å². The Labute approximate surface area is 630 Å². The van der Waals surface area contributed by atoms with E-state index in [1.807, 2.05) is 106 Å². The maximum absolute atomic E-state index is 13.4. The van der Waals surface area contributed by atoms with E-state index in [0.717, 1.165) is 135 Å². The number of piperidine rings is 3. The molecule has 6 atom stereocenters. The third kappa shape index (κ3) is 16.8. The maximum atomic E-state index is 13.4. The van der Waals surface area contributed by atoms with Gasteiger partial charge in [0, 0.05) is 57.0 Å². The molecule has 0 bridgehead atoms. The van der Waals surface area contributed by atoms with Crippen LogP contribution in [0.15, 0.2) is 153 Å². The highest BCUT2D eigenvalue weighted by Gasteiger charge is 2.38. The molecular weight excluding hydrogens is 1410 g/mol. The second kappa shape index (κ2) is 32.5. The van der Waals surface area contributed by atoms with Crippen molar-refractivity contribution < 1.29 is 28.8 Å². The summed E-state index contributed by atoms with van der Waals surface area (Å²) in [6.07, 6.45) is 18.1. The Morgan fingerprint density at radius 2 is 0.907 bits per heavy atom. The largest absolute Gasteiger partial charge is 0.383 e. The molecule has 6 amide bonds. The predicted octanol–water partition coefficient (Wildman–Crippen LogP) is 13.6. The predicted molar refractivity (Wildman–Crippen MR) is 421 cm³/mol. The highest BCUT2D eigenvalue weighted by atomic mass is 32.1. The third-order valence-electron chi connectivity index (χ3n) is 19.7. The topological polar surface area (TPSA) is 347 Å². The van der Waals surface area contributed by atoms with Crippen molar-refractivity contribution in [1.29, 1.82) is 0 Å². The zero-order valence-electron chi connectivity index (χ0n) is 60.4. The number of fused-ring (bicyclic) bond motifs is 3. The molecule has 0 radical (unpaired) electrons. The first kappa shape index (κ1) is 73.8. The fourth-order valence-electron chi connectivity index (χ4n) is 13.9. The molecule has 25 nitrogen and oxygen atoms in total. The molecule has 3 aromatic carbocycles. The molecule has 28 heteroatoms. The third-order valence-corrected chi connectivity index (χ3v) is 22.9. The number of carbonyl (C=O) groups excluding carboxylic acids is 6. The standard InChI is InChI=1S/C27H28N6O2S.C26H29N7O2S.C26H26N6O2S/c1-3-17-12-19(14-30-24(17)28)31-25(34)27(35)33-15-16(2)7-9-22(33)18-8-10-23-21(13-18)32-26(36-23)20-6-4-5-11-29-20;1-4-16-11-18(13-28-23(16)27)30-24(34)26(35)33-14-15(2)5-7-20(33)17-6-8-22-19(12-17)31-25(36-22)21-9-10-29-32(21)3;1-15-5-7-21(32(14-15)26(34)24(33)30-19-10-16(2)23(27)29-13-19)17-6-8-22-20(11-17)31-25(35-22)18-4-3-9-28-12-18/h4-6,8,10-14,16,22H,3,7,9,15H2,1-2H3,(H2,28,30)(H,31,34);6,8-13,15,20H,4-5,7,14H2,1-3H3,(H2,27,28)(H,30,34);3-4,6,8-13,15,21H,5,7,14H2,1-2H3,(H2,27,29)(H,30,33)/t16-,22+;15-,20+;15-,21+/m000/s1. The Kier molecular flexibility index (Phi) is 22.4. The highest BCUT2D eigenvalue weighted by molar-refractivity contribution is 7.22. The van der Waals surface area contributed by atoms with Gasteiger partial charge in [0.15, 0.2) is 0 Å². The molecule has 12 heterocycles. The van der Waals surface area contributed by atoms with Gasteiger partial charge in [-0.2, -0.15) is 5.10 Å². The van der Waals surface area contributed by atoms with Crippen LogP contribution in [-0.2, 0) is 48.7 Å². The van der Waals surface area contributed by atoms with Crippen LogP contribution >= 0.6 is 34.0 Å². The summed E-state index contributed by atoms with van der Waals surface area (Å²) in [5.41, 5.74) is 29.6. The molecule has 12 aromatic rings. The molecule has 3 aliphatic rings. The fraction of sp³-hybridized carbons (Fsp3) is 0.304. The van der Waals surface area contributed by atoms with Crippen LogP contribution in [0.2, 0.25) is 0 Å². The molecule has 9 N–H and O–H groups in total. The van der Waals surface area contributed by atoms with E-state index >= 15 is 0 Å². The minimum Gasteiger partial charge on any atom is -0.383 e. The first-order valence-electron chi connectivity index (χ1n) is 35.7. The molecule has 107 heavy (non-hydrogen) atoms. The van der Waals surface area contributed by atoms with Crippen molar-refractivity contribution in [3.8, 4) is 32.0 Å². The van der Waals surface area contributed by atoms with Gasteiger partial charge in [-0.25, -0.2) is 29.9 Å².